The summed E-state index contributed by atoms with van der Waals surface area (Å²) in [6, 6.07) is 7.23. The van der Waals surface area contributed by atoms with Crippen molar-refractivity contribution < 1.29 is 9.59 Å². The molecule has 1 saturated carbocycles. The number of carbonyl (C=O) groups is 2. The van der Waals surface area contributed by atoms with Crippen molar-refractivity contribution in [2.45, 2.75) is 44.2 Å². The van der Waals surface area contributed by atoms with E-state index in [-0.39, 0.29) is 29.5 Å². The van der Waals surface area contributed by atoms with E-state index in [1.54, 1.807) is 24.3 Å². The lowest BCUT2D eigenvalue weighted by Crippen LogP contribution is -2.42. The van der Waals surface area contributed by atoms with Crippen LogP contribution >= 0.6 is 0 Å². The molecule has 6 N–H and O–H groups in total. The number of nitrogens with one attached hydrogen (secondary N) is 2. The molecule has 1 aliphatic heterocycles. The maximum Gasteiger partial charge on any atom is 0.271 e. The molecule has 1 aromatic carbocycles. The van der Waals surface area contributed by atoms with E-state index in [9.17, 15) is 9.59 Å². The van der Waals surface area contributed by atoms with Crippen LogP contribution in [0, 0.1) is 0 Å². The topological polar surface area (TPSA) is 139 Å². The highest BCUT2D eigenvalue weighted by Crippen LogP contribution is 2.24. The monoisotopic (exact) mass is 409 g/mol. The highest BCUT2D eigenvalue weighted by Gasteiger charge is 2.23. The fourth-order valence-corrected chi connectivity index (χ4v) is 3.79. The maximum absolute atomic E-state index is 12.3. The number of benzene rings is 1. The van der Waals surface area contributed by atoms with Gasteiger partial charge in [-0.05, 0) is 43.5 Å². The average molecular weight is 409 g/mol. The Hall–Kier alpha value is -3.20. The third kappa shape index (κ3) is 4.35. The van der Waals surface area contributed by atoms with E-state index in [0.29, 0.717) is 17.1 Å². The SMILES string of the molecule is NC(=O)c1ncc(NC2CCCCC2N)nc1Nc1ccc(C(=O)N2CCC2)cc1. The summed E-state index contributed by atoms with van der Waals surface area (Å²) < 4.78 is 0. The molecule has 2 unspecified atom stereocenters. The zero-order valence-corrected chi connectivity index (χ0v) is 16.8. The summed E-state index contributed by atoms with van der Waals surface area (Å²) in [5, 5.41) is 6.43. The molecular formula is C21H27N7O2. The van der Waals surface area contributed by atoms with E-state index in [0.717, 1.165) is 45.2 Å². The number of amides is 2. The van der Waals surface area contributed by atoms with Gasteiger partial charge in [-0.1, -0.05) is 12.8 Å². The van der Waals surface area contributed by atoms with Crippen molar-refractivity contribution in [3.05, 3.63) is 41.7 Å². The lowest BCUT2D eigenvalue weighted by Gasteiger charge is -2.30. The minimum atomic E-state index is -0.671. The van der Waals surface area contributed by atoms with E-state index in [1.165, 1.54) is 6.20 Å². The van der Waals surface area contributed by atoms with Crippen LogP contribution in [0.5, 0.6) is 0 Å². The summed E-state index contributed by atoms with van der Waals surface area (Å²) in [6.07, 6.45) is 6.74. The summed E-state index contributed by atoms with van der Waals surface area (Å²) >= 11 is 0. The molecule has 0 spiro atoms. The molecule has 30 heavy (non-hydrogen) atoms. The second-order valence-corrected chi connectivity index (χ2v) is 7.86. The van der Waals surface area contributed by atoms with Crippen LogP contribution in [0.4, 0.5) is 17.3 Å². The number of nitrogens with zero attached hydrogens (tertiary/aromatic N) is 3. The molecular weight excluding hydrogens is 382 g/mol. The highest BCUT2D eigenvalue weighted by molar-refractivity contribution is 5.97. The van der Waals surface area contributed by atoms with Crippen molar-refractivity contribution in [2.24, 2.45) is 11.5 Å². The van der Waals surface area contributed by atoms with E-state index in [1.807, 2.05) is 4.90 Å². The first kappa shape index (κ1) is 20.1. The van der Waals surface area contributed by atoms with Crippen molar-refractivity contribution >= 4 is 29.1 Å². The number of anilines is 3. The van der Waals surface area contributed by atoms with Gasteiger partial charge in [-0.15, -0.1) is 0 Å². The number of aromatic nitrogens is 2. The summed E-state index contributed by atoms with van der Waals surface area (Å²) in [5.41, 5.74) is 13.0. The van der Waals surface area contributed by atoms with Gasteiger partial charge in [0.1, 0.15) is 5.82 Å². The molecule has 2 aliphatic rings. The Balaban J connectivity index is 1.51. The molecule has 9 nitrogen and oxygen atoms in total. The fraction of sp³-hybridized carbons (Fsp3) is 0.429. The molecule has 4 rings (SSSR count). The molecule has 1 aliphatic carbocycles. The van der Waals surface area contributed by atoms with Gasteiger partial charge in [0, 0.05) is 36.4 Å². The van der Waals surface area contributed by atoms with E-state index in [2.05, 4.69) is 20.6 Å². The van der Waals surface area contributed by atoms with Crippen molar-refractivity contribution in [3.63, 3.8) is 0 Å². The summed E-state index contributed by atoms with van der Waals surface area (Å²) in [4.78, 5) is 34.6. The zero-order valence-electron chi connectivity index (χ0n) is 16.8. The molecule has 0 bridgehead atoms. The van der Waals surface area contributed by atoms with Crippen molar-refractivity contribution in [2.75, 3.05) is 23.7 Å². The van der Waals surface area contributed by atoms with Crippen molar-refractivity contribution in [1.82, 2.24) is 14.9 Å². The molecule has 2 fully saturated rings. The number of carbonyl (C=O) groups excluding carboxylic acids is 2. The molecule has 2 heterocycles. The van der Waals surface area contributed by atoms with Gasteiger partial charge in [-0.25, -0.2) is 9.97 Å². The Morgan fingerprint density at radius 2 is 1.80 bits per heavy atom. The van der Waals surface area contributed by atoms with Crippen LogP contribution in [-0.2, 0) is 0 Å². The fourth-order valence-electron chi connectivity index (χ4n) is 3.79. The largest absolute Gasteiger partial charge is 0.364 e. The van der Waals surface area contributed by atoms with Gasteiger partial charge in [-0.2, -0.15) is 0 Å². The number of rotatable bonds is 6. The van der Waals surface area contributed by atoms with Gasteiger partial charge in [-0.3, -0.25) is 9.59 Å². The molecule has 1 saturated heterocycles. The molecule has 2 amide bonds. The quantitative estimate of drug-likeness (QED) is 0.571. The minimum absolute atomic E-state index is 0.0282. The van der Waals surface area contributed by atoms with Crippen molar-refractivity contribution in [3.8, 4) is 0 Å². The zero-order chi connectivity index (χ0) is 21.1. The van der Waals surface area contributed by atoms with Crippen LogP contribution < -0.4 is 22.1 Å². The van der Waals surface area contributed by atoms with Crippen LogP contribution in [0.3, 0.4) is 0 Å². The first-order chi connectivity index (χ1) is 14.5. The Morgan fingerprint density at radius 1 is 1.07 bits per heavy atom. The van der Waals surface area contributed by atoms with Crippen molar-refractivity contribution in [1.29, 1.82) is 0 Å². The predicted molar refractivity (Wildman–Crippen MR) is 115 cm³/mol. The Labute approximate surface area is 175 Å². The summed E-state index contributed by atoms with van der Waals surface area (Å²) in [7, 11) is 0. The number of nitrogens with two attached hydrogens (primary N) is 2. The lowest BCUT2D eigenvalue weighted by atomic mass is 9.91. The second kappa shape index (κ2) is 8.66. The Kier molecular flexibility index (Phi) is 5.80. The van der Waals surface area contributed by atoms with Crippen LogP contribution in [0.15, 0.2) is 30.5 Å². The van der Waals surface area contributed by atoms with E-state index < -0.39 is 5.91 Å². The second-order valence-electron chi connectivity index (χ2n) is 7.86. The molecule has 9 heteroatoms. The Morgan fingerprint density at radius 3 is 2.43 bits per heavy atom. The molecule has 2 aromatic rings. The van der Waals surface area contributed by atoms with Gasteiger partial charge in [0.05, 0.1) is 6.20 Å². The molecule has 2 atom stereocenters. The molecule has 0 radical (unpaired) electrons. The summed E-state index contributed by atoms with van der Waals surface area (Å²) in [5.74, 6) is 0.157. The standard InChI is InChI=1S/C21H27N7O2/c22-15-4-1-2-5-16(15)26-17-12-24-18(19(23)29)20(27-17)25-14-8-6-13(7-9-14)21(30)28-10-3-11-28/h6-9,12,15-16H,1-5,10-11,22H2,(H2,23,29)(H2,25,26,27). The van der Waals surface area contributed by atoms with Crippen LogP contribution in [0.2, 0.25) is 0 Å². The number of likely N-dealkylation sites (tertiary alicyclic amines) is 1. The first-order valence-corrected chi connectivity index (χ1v) is 10.4. The average Bonchev–Trinajstić information content (AvgIpc) is 2.69. The van der Waals surface area contributed by atoms with Gasteiger partial charge in [0.15, 0.2) is 11.5 Å². The minimum Gasteiger partial charge on any atom is -0.364 e. The number of hydrogen-bond donors (Lipinski definition) is 4. The number of primary amides is 1. The summed E-state index contributed by atoms with van der Waals surface area (Å²) in [6.45, 7) is 1.61. The molecule has 1 aromatic heterocycles. The number of hydrogen-bond acceptors (Lipinski definition) is 7. The van der Waals surface area contributed by atoms with Gasteiger partial charge < -0.3 is 27.0 Å². The lowest BCUT2D eigenvalue weighted by molar-refractivity contribution is 0.0651. The van der Waals surface area contributed by atoms with Crippen LogP contribution in [-0.4, -0.2) is 51.9 Å². The van der Waals surface area contributed by atoms with E-state index >= 15 is 0 Å². The smallest absolute Gasteiger partial charge is 0.271 e. The maximum atomic E-state index is 12.3. The first-order valence-electron chi connectivity index (χ1n) is 10.4. The van der Waals surface area contributed by atoms with Crippen LogP contribution in [0.1, 0.15) is 53.0 Å². The van der Waals surface area contributed by atoms with Gasteiger partial charge in [0.2, 0.25) is 0 Å². The Bertz CT molecular complexity index is 927. The van der Waals surface area contributed by atoms with Crippen LogP contribution in [0.25, 0.3) is 0 Å². The predicted octanol–water partition coefficient (Wildman–Crippen LogP) is 1.85. The van der Waals surface area contributed by atoms with Gasteiger partial charge >= 0.3 is 0 Å². The molecule has 158 valence electrons. The van der Waals surface area contributed by atoms with Gasteiger partial charge in [0.25, 0.3) is 11.8 Å². The third-order valence-electron chi connectivity index (χ3n) is 5.70. The normalized spacial score (nSPS) is 20.9. The highest BCUT2D eigenvalue weighted by atomic mass is 16.2. The van der Waals surface area contributed by atoms with E-state index in [4.69, 9.17) is 11.5 Å². The third-order valence-corrected chi connectivity index (χ3v) is 5.70.